The van der Waals surface area contributed by atoms with E-state index in [1.165, 1.54) is 19.3 Å². The maximum atomic E-state index is 10.6. The molecule has 82 valence electrons. The Balaban J connectivity index is 3.45. The molecule has 1 heteroatoms. The Bertz CT molecular complexity index is 180. The molecule has 0 saturated carbocycles. The Morgan fingerprint density at radius 2 is 1.86 bits per heavy atom. The molecule has 0 amide bonds. The molecule has 1 unspecified atom stereocenters. The number of allylic oxidation sites excluding steroid dienone is 2. The van der Waals surface area contributed by atoms with Gasteiger partial charge < -0.3 is 0 Å². The van der Waals surface area contributed by atoms with Crippen LogP contribution >= 0.6 is 0 Å². The molecular formula is C13H24O. The Labute approximate surface area is 88.6 Å². The van der Waals surface area contributed by atoms with Gasteiger partial charge in [-0.25, -0.2) is 0 Å². The molecule has 0 fully saturated rings. The van der Waals surface area contributed by atoms with Crippen LogP contribution in [0.25, 0.3) is 0 Å². The van der Waals surface area contributed by atoms with Gasteiger partial charge in [0.1, 0.15) is 0 Å². The van der Waals surface area contributed by atoms with Crippen molar-refractivity contribution in [1.29, 1.82) is 0 Å². The van der Waals surface area contributed by atoms with E-state index in [1.807, 2.05) is 6.08 Å². The van der Waals surface area contributed by atoms with Crippen LogP contribution in [0.1, 0.15) is 53.4 Å². The smallest absolute Gasteiger partial charge is 0.152 e. The molecule has 0 saturated heterocycles. The number of ketones is 1. The van der Waals surface area contributed by atoms with Gasteiger partial charge in [0.25, 0.3) is 0 Å². The third kappa shape index (κ3) is 9.50. The zero-order valence-electron chi connectivity index (χ0n) is 10.0. The molecule has 0 aliphatic rings. The molecule has 1 nitrogen and oxygen atoms in total. The molecule has 0 rings (SSSR count). The molecule has 0 heterocycles. The van der Waals surface area contributed by atoms with E-state index in [0.29, 0.717) is 5.92 Å². The molecule has 0 bridgehead atoms. The second kappa shape index (κ2) is 7.78. The summed E-state index contributed by atoms with van der Waals surface area (Å²) in [7, 11) is 0. The van der Waals surface area contributed by atoms with Gasteiger partial charge in [0.15, 0.2) is 5.78 Å². The van der Waals surface area contributed by atoms with Gasteiger partial charge in [-0.05, 0) is 31.3 Å². The van der Waals surface area contributed by atoms with Crippen LogP contribution in [0.2, 0.25) is 0 Å². The summed E-state index contributed by atoms with van der Waals surface area (Å²) in [5.41, 5.74) is 0. The predicted octanol–water partition coefficient (Wildman–Crippen LogP) is 3.98. The first kappa shape index (κ1) is 13.4. The van der Waals surface area contributed by atoms with Crippen LogP contribution < -0.4 is 0 Å². The van der Waals surface area contributed by atoms with Crippen molar-refractivity contribution in [2.24, 2.45) is 11.8 Å². The summed E-state index contributed by atoms with van der Waals surface area (Å²) in [5.74, 6) is 1.68. The molecular weight excluding hydrogens is 172 g/mol. The van der Waals surface area contributed by atoms with Crippen LogP contribution in [0.3, 0.4) is 0 Å². The lowest BCUT2D eigenvalue weighted by Crippen LogP contribution is -1.95. The molecule has 0 aliphatic heterocycles. The summed E-state index contributed by atoms with van der Waals surface area (Å²) in [6, 6.07) is 0. The maximum Gasteiger partial charge on any atom is 0.152 e. The Kier molecular flexibility index (Phi) is 7.45. The lowest BCUT2D eigenvalue weighted by molar-refractivity contribution is -0.112. The molecule has 1 atom stereocenters. The fourth-order valence-corrected chi connectivity index (χ4v) is 1.46. The quantitative estimate of drug-likeness (QED) is 0.563. The number of hydrogen-bond acceptors (Lipinski definition) is 1. The van der Waals surface area contributed by atoms with Gasteiger partial charge in [0, 0.05) is 0 Å². The van der Waals surface area contributed by atoms with Crippen molar-refractivity contribution >= 4 is 5.78 Å². The van der Waals surface area contributed by atoms with E-state index in [0.717, 1.165) is 12.3 Å². The minimum absolute atomic E-state index is 0.152. The standard InChI is InChI=1S/C13H24O/c1-11(2)7-5-8-12(3)9-6-10-13(4)14/h6,10-12H,5,7-9H2,1-4H3/b10-6-. The van der Waals surface area contributed by atoms with Gasteiger partial charge in [-0.15, -0.1) is 0 Å². The summed E-state index contributed by atoms with van der Waals surface area (Å²) in [6.45, 7) is 8.38. The third-order valence-corrected chi connectivity index (χ3v) is 2.37. The lowest BCUT2D eigenvalue weighted by Gasteiger charge is -2.09. The average Bonchev–Trinajstić information content (AvgIpc) is 2.02. The highest BCUT2D eigenvalue weighted by molar-refractivity contribution is 5.87. The SMILES string of the molecule is CC(=O)/C=C\CC(C)CCCC(C)C. The molecule has 14 heavy (non-hydrogen) atoms. The lowest BCUT2D eigenvalue weighted by atomic mass is 9.97. The summed E-state index contributed by atoms with van der Waals surface area (Å²) in [5, 5.41) is 0. The summed E-state index contributed by atoms with van der Waals surface area (Å²) in [4.78, 5) is 10.6. The Hall–Kier alpha value is -0.590. The van der Waals surface area contributed by atoms with E-state index < -0.39 is 0 Å². The Morgan fingerprint density at radius 1 is 1.21 bits per heavy atom. The highest BCUT2D eigenvalue weighted by Crippen LogP contribution is 2.15. The maximum absolute atomic E-state index is 10.6. The fraction of sp³-hybridized carbons (Fsp3) is 0.769. The van der Waals surface area contributed by atoms with Crippen molar-refractivity contribution in [1.82, 2.24) is 0 Å². The normalized spacial score (nSPS) is 13.8. The summed E-state index contributed by atoms with van der Waals surface area (Å²) >= 11 is 0. The number of carbonyl (C=O) groups is 1. The van der Waals surface area contributed by atoms with Crippen LogP contribution in [0.15, 0.2) is 12.2 Å². The van der Waals surface area contributed by atoms with Gasteiger partial charge >= 0.3 is 0 Å². The molecule has 0 aromatic rings. The molecule has 0 aromatic heterocycles. The van der Waals surface area contributed by atoms with Crippen LogP contribution in [0.5, 0.6) is 0 Å². The van der Waals surface area contributed by atoms with E-state index in [2.05, 4.69) is 20.8 Å². The number of rotatable bonds is 7. The molecule has 0 aromatic carbocycles. The van der Waals surface area contributed by atoms with Crippen LogP contribution in [0, 0.1) is 11.8 Å². The Morgan fingerprint density at radius 3 is 2.36 bits per heavy atom. The second-order valence-corrected chi connectivity index (χ2v) is 4.68. The second-order valence-electron chi connectivity index (χ2n) is 4.68. The first-order valence-electron chi connectivity index (χ1n) is 5.69. The zero-order valence-corrected chi connectivity index (χ0v) is 10.0. The van der Waals surface area contributed by atoms with Crippen LogP contribution in [-0.2, 0) is 4.79 Å². The zero-order chi connectivity index (χ0) is 11.0. The molecule has 0 spiro atoms. The van der Waals surface area contributed by atoms with Gasteiger partial charge in [-0.1, -0.05) is 46.1 Å². The minimum atomic E-state index is 0.152. The highest BCUT2D eigenvalue weighted by atomic mass is 16.1. The van der Waals surface area contributed by atoms with E-state index in [-0.39, 0.29) is 5.78 Å². The largest absolute Gasteiger partial charge is 0.295 e. The van der Waals surface area contributed by atoms with E-state index in [9.17, 15) is 4.79 Å². The minimum Gasteiger partial charge on any atom is -0.295 e. The molecule has 0 aliphatic carbocycles. The van der Waals surface area contributed by atoms with Gasteiger partial charge in [0.2, 0.25) is 0 Å². The van der Waals surface area contributed by atoms with Crippen LogP contribution in [-0.4, -0.2) is 5.78 Å². The van der Waals surface area contributed by atoms with E-state index in [1.54, 1.807) is 13.0 Å². The summed E-state index contributed by atoms with van der Waals surface area (Å²) < 4.78 is 0. The van der Waals surface area contributed by atoms with Crippen molar-refractivity contribution < 1.29 is 4.79 Å². The van der Waals surface area contributed by atoms with Crippen molar-refractivity contribution in [2.45, 2.75) is 53.4 Å². The van der Waals surface area contributed by atoms with Crippen molar-refractivity contribution in [3.05, 3.63) is 12.2 Å². The fourth-order valence-electron chi connectivity index (χ4n) is 1.46. The number of hydrogen-bond donors (Lipinski definition) is 0. The van der Waals surface area contributed by atoms with E-state index in [4.69, 9.17) is 0 Å². The summed E-state index contributed by atoms with van der Waals surface area (Å²) in [6.07, 6.45) is 8.63. The van der Waals surface area contributed by atoms with Gasteiger partial charge in [-0.3, -0.25) is 4.79 Å². The van der Waals surface area contributed by atoms with Crippen molar-refractivity contribution in [3.8, 4) is 0 Å². The van der Waals surface area contributed by atoms with Crippen molar-refractivity contribution in [3.63, 3.8) is 0 Å². The number of carbonyl (C=O) groups excluding carboxylic acids is 1. The van der Waals surface area contributed by atoms with Gasteiger partial charge in [0.05, 0.1) is 0 Å². The van der Waals surface area contributed by atoms with E-state index >= 15 is 0 Å². The predicted molar refractivity (Wildman–Crippen MR) is 62.3 cm³/mol. The average molecular weight is 196 g/mol. The van der Waals surface area contributed by atoms with Gasteiger partial charge in [-0.2, -0.15) is 0 Å². The molecule has 0 N–H and O–H groups in total. The topological polar surface area (TPSA) is 17.1 Å². The first-order chi connectivity index (χ1) is 6.52. The monoisotopic (exact) mass is 196 g/mol. The molecule has 0 radical (unpaired) electrons. The van der Waals surface area contributed by atoms with Crippen molar-refractivity contribution in [2.75, 3.05) is 0 Å². The third-order valence-electron chi connectivity index (χ3n) is 2.37. The first-order valence-corrected chi connectivity index (χ1v) is 5.69. The van der Waals surface area contributed by atoms with Crippen LogP contribution in [0.4, 0.5) is 0 Å². The highest BCUT2D eigenvalue weighted by Gasteiger charge is 2.00.